The summed E-state index contributed by atoms with van der Waals surface area (Å²) in [7, 11) is 0. The number of aryl methyl sites for hydroxylation is 1. The molecule has 0 amide bonds. The van der Waals surface area contributed by atoms with Gasteiger partial charge in [-0.05, 0) is 26.7 Å². The highest BCUT2D eigenvalue weighted by Crippen LogP contribution is 2.07. The Kier molecular flexibility index (Phi) is 5.27. The Morgan fingerprint density at radius 1 is 1.21 bits per heavy atom. The molecule has 1 atom stereocenters. The molecule has 0 radical (unpaired) electrons. The molecule has 0 bridgehead atoms. The topological polar surface area (TPSA) is 18.5 Å². The highest BCUT2D eigenvalue weighted by molar-refractivity contribution is 5.11. The highest BCUT2D eigenvalue weighted by atomic mass is 17.2. The zero-order chi connectivity index (χ0) is 10.2. The van der Waals surface area contributed by atoms with Crippen molar-refractivity contribution in [2.75, 3.05) is 6.61 Å². The summed E-state index contributed by atoms with van der Waals surface area (Å²) in [6.45, 7) is 4.86. The van der Waals surface area contributed by atoms with Crippen LogP contribution in [0.15, 0.2) is 30.3 Å². The maximum atomic E-state index is 4.78. The Morgan fingerprint density at radius 2 is 1.93 bits per heavy atom. The number of benzene rings is 1. The molecule has 2 nitrogen and oxygen atoms in total. The Labute approximate surface area is 85.8 Å². The van der Waals surface area contributed by atoms with E-state index in [-0.39, 0.29) is 0 Å². The molecule has 0 aliphatic carbocycles. The lowest BCUT2D eigenvalue weighted by Crippen LogP contribution is -2.15. The average molecular weight is 194 g/mol. The first kappa shape index (κ1) is 11.2. The molecule has 1 fully saturated rings. The fourth-order valence-corrected chi connectivity index (χ4v) is 1.18. The van der Waals surface area contributed by atoms with Crippen LogP contribution in [0, 0.1) is 6.92 Å². The lowest BCUT2D eigenvalue weighted by Gasteiger charge is -2.16. The van der Waals surface area contributed by atoms with E-state index in [1.165, 1.54) is 5.56 Å². The van der Waals surface area contributed by atoms with E-state index in [4.69, 9.17) is 4.89 Å². The van der Waals surface area contributed by atoms with Gasteiger partial charge in [0.1, 0.15) is 0 Å². The molecule has 78 valence electrons. The Balaban J connectivity index is 0.000000140. The molecule has 0 spiro atoms. The molecule has 1 aliphatic heterocycles. The van der Waals surface area contributed by atoms with Crippen molar-refractivity contribution in [2.45, 2.75) is 32.8 Å². The van der Waals surface area contributed by atoms with Crippen LogP contribution in [-0.2, 0) is 9.78 Å². The molecule has 2 heteroatoms. The van der Waals surface area contributed by atoms with Gasteiger partial charge in [-0.1, -0.05) is 35.9 Å². The van der Waals surface area contributed by atoms with Gasteiger partial charge in [-0.15, -0.1) is 0 Å². The number of hydrogen-bond donors (Lipinski definition) is 0. The fraction of sp³-hybridized carbons (Fsp3) is 0.500. The van der Waals surface area contributed by atoms with Gasteiger partial charge in [-0.25, -0.2) is 9.78 Å². The van der Waals surface area contributed by atoms with Crippen LogP contribution < -0.4 is 0 Å². The monoisotopic (exact) mass is 194 g/mol. The van der Waals surface area contributed by atoms with Crippen LogP contribution >= 0.6 is 0 Å². The van der Waals surface area contributed by atoms with E-state index in [0.29, 0.717) is 6.10 Å². The van der Waals surface area contributed by atoms with Crippen molar-refractivity contribution in [2.24, 2.45) is 0 Å². The molecule has 1 aromatic rings. The SMILES string of the molecule is CC1CCCOO1.Cc1ccccc1. The average Bonchev–Trinajstić information content (AvgIpc) is 2.21. The van der Waals surface area contributed by atoms with Crippen LogP contribution in [-0.4, -0.2) is 12.7 Å². The molecule has 14 heavy (non-hydrogen) atoms. The van der Waals surface area contributed by atoms with Gasteiger partial charge >= 0.3 is 0 Å². The summed E-state index contributed by atoms with van der Waals surface area (Å²) in [5, 5.41) is 0. The van der Waals surface area contributed by atoms with E-state index in [1.54, 1.807) is 0 Å². The van der Waals surface area contributed by atoms with E-state index in [0.717, 1.165) is 19.4 Å². The third-order valence-corrected chi connectivity index (χ3v) is 2.01. The van der Waals surface area contributed by atoms with E-state index < -0.39 is 0 Å². The van der Waals surface area contributed by atoms with Gasteiger partial charge in [0.15, 0.2) is 0 Å². The molecule has 1 aliphatic rings. The first-order valence-corrected chi connectivity index (χ1v) is 5.09. The molecule has 1 aromatic carbocycles. The first-order chi connectivity index (χ1) is 6.79. The second kappa shape index (κ2) is 6.57. The first-order valence-electron chi connectivity index (χ1n) is 5.09. The maximum absolute atomic E-state index is 4.78. The summed E-state index contributed by atoms with van der Waals surface area (Å²) in [5.41, 5.74) is 1.32. The Hall–Kier alpha value is -0.860. The van der Waals surface area contributed by atoms with E-state index in [1.807, 2.05) is 25.1 Å². The molecular formula is C12H18O2. The predicted molar refractivity (Wildman–Crippen MR) is 56.9 cm³/mol. The van der Waals surface area contributed by atoms with Gasteiger partial charge in [0.05, 0.1) is 12.7 Å². The Bertz CT molecular complexity index is 227. The predicted octanol–water partition coefficient (Wildman–Crippen LogP) is 3.11. The largest absolute Gasteiger partial charge is 0.236 e. The summed E-state index contributed by atoms with van der Waals surface area (Å²) < 4.78 is 0. The van der Waals surface area contributed by atoms with Gasteiger partial charge in [-0.3, -0.25) is 0 Å². The van der Waals surface area contributed by atoms with Gasteiger partial charge in [0, 0.05) is 0 Å². The van der Waals surface area contributed by atoms with Crippen LogP contribution in [0.5, 0.6) is 0 Å². The highest BCUT2D eigenvalue weighted by Gasteiger charge is 2.07. The lowest BCUT2D eigenvalue weighted by atomic mass is 10.2. The van der Waals surface area contributed by atoms with Crippen LogP contribution in [0.3, 0.4) is 0 Å². The van der Waals surface area contributed by atoms with Crippen molar-refractivity contribution in [1.82, 2.24) is 0 Å². The molecule has 1 unspecified atom stereocenters. The zero-order valence-corrected chi connectivity index (χ0v) is 8.90. The molecule has 1 heterocycles. The normalized spacial score (nSPS) is 20.9. The van der Waals surface area contributed by atoms with Crippen LogP contribution in [0.4, 0.5) is 0 Å². The van der Waals surface area contributed by atoms with E-state index >= 15 is 0 Å². The van der Waals surface area contributed by atoms with Gasteiger partial charge in [-0.2, -0.15) is 0 Å². The summed E-state index contributed by atoms with van der Waals surface area (Å²) in [6, 6.07) is 10.3. The Morgan fingerprint density at radius 3 is 2.21 bits per heavy atom. The summed E-state index contributed by atoms with van der Waals surface area (Å²) in [5.74, 6) is 0. The smallest absolute Gasteiger partial charge is 0.0902 e. The zero-order valence-electron chi connectivity index (χ0n) is 8.90. The summed E-state index contributed by atoms with van der Waals surface area (Å²) >= 11 is 0. The van der Waals surface area contributed by atoms with Gasteiger partial charge < -0.3 is 0 Å². The van der Waals surface area contributed by atoms with Crippen molar-refractivity contribution in [3.05, 3.63) is 35.9 Å². The molecule has 2 rings (SSSR count). The molecule has 1 saturated heterocycles. The van der Waals surface area contributed by atoms with E-state index in [9.17, 15) is 0 Å². The second-order valence-corrected chi connectivity index (χ2v) is 3.53. The van der Waals surface area contributed by atoms with Crippen LogP contribution in [0.25, 0.3) is 0 Å². The minimum Gasteiger partial charge on any atom is -0.236 e. The number of hydrogen-bond acceptors (Lipinski definition) is 2. The third-order valence-electron chi connectivity index (χ3n) is 2.01. The van der Waals surface area contributed by atoms with Gasteiger partial charge in [0.25, 0.3) is 0 Å². The second-order valence-electron chi connectivity index (χ2n) is 3.53. The van der Waals surface area contributed by atoms with Crippen molar-refractivity contribution in [3.63, 3.8) is 0 Å². The molecular weight excluding hydrogens is 176 g/mol. The van der Waals surface area contributed by atoms with Crippen molar-refractivity contribution in [3.8, 4) is 0 Å². The quantitative estimate of drug-likeness (QED) is 0.591. The molecule has 0 saturated carbocycles. The fourth-order valence-electron chi connectivity index (χ4n) is 1.18. The minimum absolute atomic E-state index is 0.314. The molecule has 0 N–H and O–H groups in total. The van der Waals surface area contributed by atoms with Crippen LogP contribution in [0.2, 0.25) is 0 Å². The minimum atomic E-state index is 0.314. The summed E-state index contributed by atoms with van der Waals surface area (Å²) in [6.07, 6.45) is 2.59. The number of rotatable bonds is 0. The van der Waals surface area contributed by atoms with Crippen molar-refractivity contribution >= 4 is 0 Å². The van der Waals surface area contributed by atoms with E-state index in [2.05, 4.69) is 23.9 Å². The standard InChI is InChI=1S/C7H8.C5H10O2/c1-7-5-3-2-4-6-7;1-5-3-2-4-6-7-5/h2-6H,1H3;5H,2-4H2,1H3. The maximum Gasteiger partial charge on any atom is 0.0902 e. The lowest BCUT2D eigenvalue weighted by molar-refractivity contribution is -0.340. The van der Waals surface area contributed by atoms with Crippen molar-refractivity contribution in [1.29, 1.82) is 0 Å². The summed E-state index contributed by atoms with van der Waals surface area (Å²) in [4.78, 5) is 9.46. The van der Waals surface area contributed by atoms with Gasteiger partial charge in [0.2, 0.25) is 0 Å². The van der Waals surface area contributed by atoms with Crippen molar-refractivity contribution < 1.29 is 9.78 Å². The third kappa shape index (κ3) is 5.00. The molecule has 0 aromatic heterocycles. The van der Waals surface area contributed by atoms with Crippen LogP contribution in [0.1, 0.15) is 25.3 Å².